The van der Waals surface area contributed by atoms with Gasteiger partial charge in [-0.1, -0.05) is 11.6 Å². The molecule has 4 heteroatoms. The smallest absolute Gasteiger partial charge is 0.172 e. The lowest BCUT2D eigenvalue weighted by Gasteiger charge is -2.19. The minimum atomic E-state index is -0.138. The van der Waals surface area contributed by atoms with Crippen molar-refractivity contribution in [3.8, 4) is 0 Å². The Morgan fingerprint density at radius 1 is 1.21 bits per heavy atom. The lowest BCUT2D eigenvalue weighted by Crippen LogP contribution is -2.31. The van der Waals surface area contributed by atoms with Crippen molar-refractivity contribution in [1.29, 1.82) is 0 Å². The molecule has 0 spiro atoms. The van der Waals surface area contributed by atoms with Gasteiger partial charge >= 0.3 is 0 Å². The lowest BCUT2D eigenvalue weighted by molar-refractivity contribution is 0.0937. The van der Waals surface area contributed by atoms with Gasteiger partial charge in [-0.25, -0.2) is 0 Å². The molecule has 0 radical (unpaired) electrons. The Hall–Kier alpha value is -0.770. The summed E-state index contributed by atoms with van der Waals surface area (Å²) in [5.41, 5.74) is 8.19. The van der Waals surface area contributed by atoms with Gasteiger partial charge in [0.2, 0.25) is 0 Å². The molecule has 1 heterocycles. The van der Waals surface area contributed by atoms with Crippen LogP contribution in [-0.2, 0) is 0 Å². The molecule has 19 heavy (non-hydrogen) atoms. The van der Waals surface area contributed by atoms with Crippen LogP contribution in [0.5, 0.6) is 0 Å². The minimum absolute atomic E-state index is 0.119. The van der Waals surface area contributed by atoms with Crippen LogP contribution in [-0.4, -0.2) is 11.2 Å². The molecule has 1 aromatic carbocycles. The molecular formula is C15H16ClNOS. The molecule has 3 rings (SSSR count). The molecule has 0 aromatic heterocycles. The van der Waals surface area contributed by atoms with Crippen molar-refractivity contribution >= 4 is 29.1 Å². The first kappa shape index (κ1) is 13.2. The highest BCUT2D eigenvalue weighted by molar-refractivity contribution is 8.03. The Bertz CT molecular complexity index is 538. The summed E-state index contributed by atoms with van der Waals surface area (Å²) >= 11 is 7.56. The van der Waals surface area contributed by atoms with E-state index in [9.17, 15) is 4.79 Å². The molecule has 1 aliphatic heterocycles. The van der Waals surface area contributed by atoms with Crippen LogP contribution in [0.25, 0.3) is 0 Å². The van der Waals surface area contributed by atoms with Gasteiger partial charge in [-0.3, -0.25) is 4.79 Å². The van der Waals surface area contributed by atoms with E-state index in [2.05, 4.69) is 0 Å². The number of halogens is 1. The number of nitrogens with two attached hydrogens (primary N) is 1. The van der Waals surface area contributed by atoms with E-state index in [0.29, 0.717) is 10.6 Å². The van der Waals surface area contributed by atoms with E-state index in [0.717, 1.165) is 12.8 Å². The highest BCUT2D eigenvalue weighted by Crippen LogP contribution is 2.47. The summed E-state index contributed by atoms with van der Waals surface area (Å²) in [4.78, 5) is 14.0. The average molecular weight is 294 g/mol. The maximum Gasteiger partial charge on any atom is 0.172 e. The van der Waals surface area contributed by atoms with E-state index < -0.39 is 0 Å². The van der Waals surface area contributed by atoms with Crippen LogP contribution < -0.4 is 5.73 Å². The zero-order valence-electron chi connectivity index (χ0n) is 10.6. The molecule has 0 fully saturated rings. The van der Waals surface area contributed by atoms with Gasteiger partial charge in [0.1, 0.15) is 0 Å². The first-order chi connectivity index (χ1) is 9.16. The van der Waals surface area contributed by atoms with Crippen LogP contribution in [0.2, 0.25) is 5.02 Å². The Kier molecular flexibility index (Phi) is 3.70. The van der Waals surface area contributed by atoms with Crippen molar-refractivity contribution in [3.63, 3.8) is 0 Å². The first-order valence-electron chi connectivity index (χ1n) is 6.61. The van der Waals surface area contributed by atoms with Crippen molar-refractivity contribution in [3.05, 3.63) is 45.3 Å². The Morgan fingerprint density at radius 2 is 1.89 bits per heavy atom. The maximum absolute atomic E-state index is 12.7. The van der Waals surface area contributed by atoms with Gasteiger partial charge < -0.3 is 5.73 Å². The molecule has 2 aliphatic rings. The fraction of sp³-hybridized carbons (Fsp3) is 0.400. The molecule has 1 aromatic rings. The van der Waals surface area contributed by atoms with E-state index in [4.69, 9.17) is 17.3 Å². The third-order valence-corrected chi connectivity index (χ3v) is 5.40. The summed E-state index contributed by atoms with van der Waals surface area (Å²) in [5.74, 6) is 0.00467. The molecular weight excluding hydrogens is 278 g/mol. The normalized spacial score (nSPS) is 26.4. The van der Waals surface area contributed by atoms with Gasteiger partial charge in [0.15, 0.2) is 5.78 Å². The second-order valence-corrected chi connectivity index (χ2v) is 6.80. The van der Waals surface area contributed by atoms with E-state index in [1.165, 1.54) is 23.3 Å². The molecule has 2 nitrogen and oxygen atoms in total. The van der Waals surface area contributed by atoms with Gasteiger partial charge in [0.25, 0.3) is 0 Å². The highest BCUT2D eigenvalue weighted by atomic mass is 35.5. The van der Waals surface area contributed by atoms with Crippen LogP contribution in [0, 0.1) is 5.92 Å². The number of carbonyl (C=O) groups is 1. The van der Waals surface area contributed by atoms with E-state index in [1.54, 1.807) is 36.0 Å². The number of allylic oxidation sites excluding steroid dienone is 1. The molecule has 100 valence electrons. The molecule has 0 saturated heterocycles. The zero-order chi connectivity index (χ0) is 13.4. The fourth-order valence-electron chi connectivity index (χ4n) is 2.90. The van der Waals surface area contributed by atoms with Gasteiger partial charge in [-0.05, 0) is 60.4 Å². The summed E-state index contributed by atoms with van der Waals surface area (Å²) in [7, 11) is 0. The van der Waals surface area contributed by atoms with Crippen LogP contribution in [0.4, 0.5) is 0 Å². The fourth-order valence-corrected chi connectivity index (χ4v) is 4.42. The first-order valence-corrected chi connectivity index (χ1v) is 7.86. The van der Waals surface area contributed by atoms with E-state index in [1.807, 2.05) is 0 Å². The van der Waals surface area contributed by atoms with Gasteiger partial charge in [0, 0.05) is 10.6 Å². The second-order valence-electron chi connectivity index (χ2n) is 5.09. The topological polar surface area (TPSA) is 43.1 Å². The van der Waals surface area contributed by atoms with Gasteiger partial charge in [-0.15, -0.1) is 11.8 Å². The third kappa shape index (κ3) is 2.47. The Balaban J connectivity index is 1.90. The number of rotatable bonds is 2. The number of thioether (sulfide) groups is 1. The highest BCUT2D eigenvalue weighted by Gasteiger charge is 2.38. The number of ketones is 1. The summed E-state index contributed by atoms with van der Waals surface area (Å²) in [5, 5.41) is 0.533. The Morgan fingerprint density at radius 3 is 2.63 bits per heavy atom. The summed E-state index contributed by atoms with van der Waals surface area (Å²) in [6.07, 6.45) is 4.52. The molecule has 0 bridgehead atoms. The molecule has 1 aliphatic carbocycles. The SMILES string of the molecule is NC1SC2=C(CCCC2)C1C(=O)c1ccc(Cl)cc1. The van der Waals surface area contributed by atoms with Crippen LogP contribution >= 0.6 is 23.4 Å². The van der Waals surface area contributed by atoms with Crippen LogP contribution in [0.1, 0.15) is 36.0 Å². The van der Waals surface area contributed by atoms with E-state index >= 15 is 0 Å². The molecule has 0 saturated carbocycles. The number of Topliss-reactive ketones (excluding diaryl/α,β-unsaturated/α-hetero) is 1. The third-order valence-electron chi connectivity index (χ3n) is 3.85. The molecule has 0 amide bonds. The standard InChI is InChI=1S/C15H16ClNOS/c16-10-7-5-9(6-8-10)14(18)13-11-3-1-2-4-12(11)19-15(13)17/h5-8,13,15H,1-4,17H2. The predicted octanol–water partition coefficient (Wildman–Crippen LogP) is 4.00. The largest absolute Gasteiger partial charge is 0.318 e. The van der Waals surface area contributed by atoms with Crippen molar-refractivity contribution in [2.75, 3.05) is 0 Å². The van der Waals surface area contributed by atoms with Crippen molar-refractivity contribution in [2.45, 2.75) is 31.1 Å². The minimum Gasteiger partial charge on any atom is -0.318 e. The zero-order valence-corrected chi connectivity index (χ0v) is 12.1. The number of benzene rings is 1. The average Bonchev–Trinajstić information content (AvgIpc) is 2.74. The van der Waals surface area contributed by atoms with Gasteiger partial charge in [-0.2, -0.15) is 0 Å². The quantitative estimate of drug-likeness (QED) is 0.838. The maximum atomic E-state index is 12.7. The van der Waals surface area contributed by atoms with Crippen LogP contribution in [0.15, 0.2) is 34.7 Å². The van der Waals surface area contributed by atoms with Crippen LogP contribution in [0.3, 0.4) is 0 Å². The van der Waals surface area contributed by atoms with E-state index in [-0.39, 0.29) is 17.1 Å². The summed E-state index contributed by atoms with van der Waals surface area (Å²) in [6.45, 7) is 0. The predicted molar refractivity (Wildman–Crippen MR) is 80.3 cm³/mol. The van der Waals surface area contributed by atoms with Gasteiger partial charge in [0.05, 0.1) is 11.3 Å². The second kappa shape index (κ2) is 5.31. The molecule has 2 atom stereocenters. The molecule has 2 unspecified atom stereocenters. The van der Waals surface area contributed by atoms with Crippen molar-refractivity contribution < 1.29 is 4.79 Å². The lowest BCUT2D eigenvalue weighted by atomic mass is 9.84. The summed E-state index contributed by atoms with van der Waals surface area (Å²) < 4.78 is 0. The Labute approximate surface area is 122 Å². The van der Waals surface area contributed by atoms with Crippen molar-refractivity contribution in [1.82, 2.24) is 0 Å². The number of hydrogen-bond donors (Lipinski definition) is 1. The number of carbonyl (C=O) groups excluding carboxylic acids is 1. The molecule has 2 N–H and O–H groups in total. The van der Waals surface area contributed by atoms with Crippen molar-refractivity contribution in [2.24, 2.45) is 11.7 Å². The number of hydrogen-bond acceptors (Lipinski definition) is 3. The monoisotopic (exact) mass is 293 g/mol. The summed E-state index contributed by atoms with van der Waals surface area (Å²) in [6, 6.07) is 7.12.